The lowest BCUT2D eigenvalue weighted by Gasteiger charge is -2.33. The Bertz CT molecular complexity index is 668. The maximum atomic E-state index is 13.8. The molecule has 5 heteroatoms. The number of rotatable bonds is 1. The number of carbonyl (C=O) groups is 1. The molecule has 1 aliphatic heterocycles. The predicted molar refractivity (Wildman–Crippen MR) is 75.5 cm³/mol. The fourth-order valence-corrected chi connectivity index (χ4v) is 3.58. The zero-order valence-electron chi connectivity index (χ0n) is 11.0. The largest absolute Gasteiger partial charge is 0.508 e. The normalized spacial score (nSPS) is 17.9. The summed E-state index contributed by atoms with van der Waals surface area (Å²) in [7, 11) is 0. The number of hydrogen-bond acceptors (Lipinski definition) is 3. The minimum atomic E-state index is -0.682. The van der Waals surface area contributed by atoms with Crippen molar-refractivity contribution in [1.29, 1.82) is 0 Å². The molecule has 1 amide bonds. The summed E-state index contributed by atoms with van der Waals surface area (Å²) in [6.45, 7) is 2.55. The maximum absolute atomic E-state index is 13.8. The van der Waals surface area contributed by atoms with Crippen LogP contribution in [0.4, 0.5) is 4.39 Å². The van der Waals surface area contributed by atoms with Crippen molar-refractivity contribution in [2.24, 2.45) is 0 Å². The lowest BCUT2D eigenvalue weighted by molar-refractivity contribution is 0.0674. The quantitative estimate of drug-likeness (QED) is 0.875. The summed E-state index contributed by atoms with van der Waals surface area (Å²) in [4.78, 5) is 15.5. The lowest BCUT2D eigenvalue weighted by atomic mass is 10.00. The molecule has 3 nitrogen and oxygen atoms in total. The first-order valence-electron chi connectivity index (χ1n) is 6.43. The molecule has 0 radical (unpaired) electrons. The number of carbonyl (C=O) groups excluding carboxylic acids is 1. The second-order valence-corrected chi connectivity index (χ2v) is 5.89. The molecule has 3 rings (SSSR count). The highest BCUT2D eigenvalue weighted by Crippen LogP contribution is 2.34. The van der Waals surface area contributed by atoms with Crippen LogP contribution in [0.25, 0.3) is 0 Å². The Morgan fingerprint density at radius 3 is 3.00 bits per heavy atom. The topological polar surface area (TPSA) is 40.5 Å². The van der Waals surface area contributed by atoms with Gasteiger partial charge in [-0.2, -0.15) is 0 Å². The van der Waals surface area contributed by atoms with E-state index in [2.05, 4.69) is 0 Å². The van der Waals surface area contributed by atoms with Gasteiger partial charge >= 0.3 is 0 Å². The molecule has 0 bridgehead atoms. The number of benzene rings is 1. The number of halogens is 1. The maximum Gasteiger partial charge on any atom is 0.257 e. The first kappa shape index (κ1) is 13.1. The average molecular weight is 291 g/mol. The summed E-state index contributed by atoms with van der Waals surface area (Å²) in [6, 6.07) is 5.62. The Labute approximate surface area is 120 Å². The third-order valence-corrected chi connectivity index (χ3v) is 4.72. The second kappa shape index (κ2) is 4.90. The molecule has 1 unspecified atom stereocenters. The van der Waals surface area contributed by atoms with E-state index in [0.717, 1.165) is 18.1 Å². The van der Waals surface area contributed by atoms with Crippen LogP contribution < -0.4 is 0 Å². The molecule has 1 aromatic heterocycles. The number of hydrogen-bond donors (Lipinski definition) is 1. The third kappa shape index (κ3) is 2.08. The zero-order chi connectivity index (χ0) is 14.3. The summed E-state index contributed by atoms with van der Waals surface area (Å²) in [6.07, 6.45) is 0.808. The van der Waals surface area contributed by atoms with Gasteiger partial charge in [-0.15, -0.1) is 11.3 Å². The fourth-order valence-electron chi connectivity index (χ4n) is 2.62. The van der Waals surface area contributed by atoms with Crippen LogP contribution in [0.5, 0.6) is 5.75 Å². The van der Waals surface area contributed by atoms with Gasteiger partial charge in [-0.25, -0.2) is 4.39 Å². The monoisotopic (exact) mass is 291 g/mol. The first-order chi connectivity index (χ1) is 9.58. The number of nitrogens with zero attached hydrogens (tertiary/aromatic N) is 1. The highest BCUT2D eigenvalue weighted by molar-refractivity contribution is 7.10. The summed E-state index contributed by atoms with van der Waals surface area (Å²) in [5, 5.41) is 11.2. The molecule has 0 aliphatic carbocycles. The molecule has 0 spiro atoms. The van der Waals surface area contributed by atoms with Crippen LogP contribution in [0.1, 0.15) is 33.8 Å². The smallest absolute Gasteiger partial charge is 0.257 e. The molecule has 1 aromatic carbocycles. The van der Waals surface area contributed by atoms with Crippen molar-refractivity contribution in [3.8, 4) is 5.75 Å². The van der Waals surface area contributed by atoms with Gasteiger partial charge < -0.3 is 10.0 Å². The molecule has 1 aliphatic rings. The predicted octanol–water partition coefficient (Wildman–Crippen LogP) is 3.35. The van der Waals surface area contributed by atoms with Crippen molar-refractivity contribution in [2.45, 2.75) is 19.4 Å². The Morgan fingerprint density at radius 1 is 1.45 bits per heavy atom. The van der Waals surface area contributed by atoms with Gasteiger partial charge in [0.2, 0.25) is 0 Å². The minimum Gasteiger partial charge on any atom is -0.508 e. The average Bonchev–Trinajstić information content (AvgIpc) is 2.87. The SMILES string of the molecule is CC1c2ccsc2CCN1C(=O)c1ccc(O)cc1F. The molecule has 0 fully saturated rings. The molecule has 104 valence electrons. The molecule has 2 heterocycles. The van der Waals surface area contributed by atoms with E-state index >= 15 is 0 Å². The summed E-state index contributed by atoms with van der Waals surface area (Å²) in [5.41, 5.74) is 1.15. The molecule has 20 heavy (non-hydrogen) atoms. The fraction of sp³-hybridized carbons (Fsp3) is 0.267. The highest BCUT2D eigenvalue weighted by Gasteiger charge is 2.30. The van der Waals surface area contributed by atoms with Crippen LogP contribution >= 0.6 is 11.3 Å². The van der Waals surface area contributed by atoms with Crippen LogP contribution in [-0.2, 0) is 6.42 Å². The lowest BCUT2D eigenvalue weighted by Crippen LogP contribution is -2.38. The Balaban J connectivity index is 1.92. The minimum absolute atomic E-state index is 0.00771. The number of amides is 1. The Morgan fingerprint density at radius 2 is 2.25 bits per heavy atom. The Kier molecular flexibility index (Phi) is 3.22. The van der Waals surface area contributed by atoms with Crippen molar-refractivity contribution in [2.75, 3.05) is 6.54 Å². The van der Waals surface area contributed by atoms with E-state index in [1.165, 1.54) is 17.0 Å². The van der Waals surface area contributed by atoms with Gasteiger partial charge in [-0.3, -0.25) is 4.79 Å². The third-order valence-electron chi connectivity index (χ3n) is 3.72. The van der Waals surface area contributed by atoms with Crippen LogP contribution in [-0.4, -0.2) is 22.5 Å². The van der Waals surface area contributed by atoms with Crippen LogP contribution in [0.15, 0.2) is 29.6 Å². The molecule has 1 atom stereocenters. The van der Waals surface area contributed by atoms with E-state index < -0.39 is 5.82 Å². The number of thiophene rings is 1. The number of fused-ring (bicyclic) bond motifs is 1. The van der Waals surface area contributed by atoms with Crippen LogP contribution in [0.3, 0.4) is 0 Å². The number of phenols is 1. The molecule has 0 saturated carbocycles. The van der Waals surface area contributed by atoms with E-state index in [-0.39, 0.29) is 23.3 Å². The zero-order valence-corrected chi connectivity index (χ0v) is 11.8. The van der Waals surface area contributed by atoms with Gasteiger partial charge in [0.05, 0.1) is 11.6 Å². The summed E-state index contributed by atoms with van der Waals surface area (Å²) >= 11 is 1.70. The van der Waals surface area contributed by atoms with E-state index in [9.17, 15) is 14.3 Å². The van der Waals surface area contributed by atoms with Crippen molar-refractivity contribution in [3.05, 3.63) is 51.5 Å². The molecule has 0 saturated heterocycles. The second-order valence-electron chi connectivity index (χ2n) is 4.89. The van der Waals surface area contributed by atoms with Gasteiger partial charge in [-0.1, -0.05) is 0 Å². The summed E-state index contributed by atoms with van der Waals surface area (Å²) < 4.78 is 13.8. The number of aromatic hydroxyl groups is 1. The van der Waals surface area contributed by atoms with Crippen LogP contribution in [0, 0.1) is 5.82 Å². The van der Waals surface area contributed by atoms with E-state index in [1.54, 1.807) is 16.2 Å². The van der Waals surface area contributed by atoms with Crippen LogP contribution in [0.2, 0.25) is 0 Å². The highest BCUT2D eigenvalue weighted by atomic mass is 32.1. The molecular weight excluding hydrogens is 277 g/mol. The molecule has 1 N–H and O–H groups in total. The first-order valence-corrected chi connectivity index (χ1v) is 7.31. The standard InChI is InChI=1S/C15H14FNO2S/c1-9-11-5-7-20-14(11)4-6-17(9)15(19)12-3-2-10(18)8-13(12)16/h2-3,5,7-9,18H,4,6H2,1H3. The summed E-state index contributed by atoms with van der Waals surface area (Å²) in [5.74, 6) is -1.18. The van der Waals surface area contributed by atoms with Crippen molar-refractivity contribution < 1.29 is 14.3 Å². The van der Waals surface area contributed by atoms with E-state index in [4.69, 9.17) is 0 Å². The van der Waals surface area contributed by atoms with E-state index in [1.807, 2.05) is 18.4 Å². The van der Waals surface area contributed by atoms with Gasteiger partial charge in [0.1, 0.15) is 11.6 Å². The van der Waals surface area contributed by atoms with E-state index in [0.29, 0.717) is 6.54 Å². The molecular formula is C15H14FNO2S. The molecule has 2 aromatic rings. The van der Waals surface area contributed by atoms with Gasteiger partial charge in [-0.05, 0) is 42.5 Å². The van der Waals surface area contributed by atoms with Crippen molar-refractivity contribution in [3.63, 3.8) is 0 Å². The van der Waals surface area contributed by atoms with Crippen molar-refractivity contribution in [1.82, 2.24) is 4.90 Å². The van der Waals surface area contributed by atoms with Gasteiger partial charge in [0, 0.05) is 17.5 Å². The van der Waals surface area contributed by atoms with Crippen molar-refractivity contribution >= 4 is 17.2 Å². The van der Waals surface area contributed by atoms with Gasteiger partial charge in [0.25, 0.3) is 5.91 Å². The Hall–Kier alpha value is -1.88. The number of phenolic OH excluding ortho intramolecular Hbond substituents is 1. The van der Waals surface area contributed by atoms with Gasteiger partial charge in [0.15, 0.2) is 0 Å².